The predicted molar refractivity (Wildman–Crippen MR) is 74.4 cm³/mol. The second kappa shape index (κ2) is 6.55. The van der Waals surface area contributed by atoms with E-state index in [0.29, 0.717) is 23.8 Å². The molecule has 1 saturated carbocycles. The number of piperidine rings is 1. The molecule has 0 aromatic carbocycles. The first-order valence-electron chi connectivity index (χ1n) is 7.71. The third-order valence-electron chi connectivity index (χ3n) is 4.38. The number of rotatable bonds is 6. The summed E-state index contributed by atoms with van der Waals surface area (Å²) in [5, 5.41) is 3.45. The minimum absolute atomic E-state index is 0.400. The summed E-state index contributed by atoms with van der Waals surface area (Å²) in [7, 11) is 0. The van der Waals surface area contributed by atoms with Crippen molar-refractivity contribution < 1.29 is 4.79 Å². The van der Waals surface area contributed by atoms with Gasteiger partial charge in [-0.25, -0.2) is 0 Å². The van der Waals surface area contributed by atoms with Crippen LogP contribution in [0.25, 0.3) is 0 Å². The summed E-state index contributed by atoms with van der Waals surface area (Å²) in [6.45, 7) is 7.60. The fourth-order valence-corrected chi connectivity index (χ4v) is 2.76. The molecule has 18 heavy (non-hydrogen) atoms. The number of hydrogen-bond acceptors (Lipinski definition) is 2. The Morgan fingerprint density at radius 1 is 1.39 bits per heavy atom. The molecule has 3 nitrogen and oxygen atoms in total. The molecule has 2 aliphatic rings. The van der Waals surface area contributed by atoms with Gasteiger partial charge in [0, 0.05) is 19.0 Å². The number of hydrogen-bond donors (Lipinski definition) is 1. The molecule has 2 unspecified atom stereocenters. The third-order valence-corrected chi connectivity index (χ3v) is 4.38. The van der Waals surface area contributed by atoms with Crippen LogP contribution in [0.15, 0.2) is 0 Å². The van der Waals surface area contributed by atoms with Crippen LogP contribution in [0.2, 0.25) is 0 Å². The summed E-state index contributed by atoms with van der Waals surface area (Å²) in [6.07, 6.45) is 6.86. The Labute approximate surface area is 111 Å². The van der Waals surface area contributed by atoms with Gasteiger partial charge in [-0.3, -0.25) is 4.79 Å². The Balaban J connectivity index is 1.84. The molecule has 1 heterocycles. The topological polar surface area (TPSA) is 32.3 Å². The monoisotopic (exact) mass is 252 g/mol. The van der Waals surface area contributed by atoms with Crippen LogP contribution >= 0.6 is 0 Å². The Bertz CT molecular complexity index is 270. The standard InChI is InChI=1S/C15H28N2O/c1-3-12(2)9-15(18)17(14-6-7-14)11-13-5-4-8-16-10-13/h12-14,16H,3-11H2,1-2H3. The molecule has 2 atom stereocenters. The lowest BCUT2D eigenvalue weighted by molar-refractivity contribution is -0.133. The molecule has 2 fully saturated rings. The first-order chi connectivity index (χ1) is 8.70. The van der Waals surface area contributed by atoms with Crippen molar-refractivity contribution in [3.8, 4) is 0 Å². The molecule has 1 saturated heterocycles. The average molecular weight is 252 g/mol. The van der Waals surface area contributed by atoms with Crippen LogP contribution in [0, 0.1) is 11.8 Å². The van der Waals surface area contributed by atoms with E-state index < -0.39 is 0 Å². The van der Waals surface area contributed by atoms with Gasteiger partial charge in [0.15, 0.2) is 0 Å². The zero-order chi connectivity index (χ0) is 13.0. The molecule has 0 radical (unpaired) electrons. The van der Waals surface area contributed by atoms with E-state index in [-0.39, 0.29) is 0 Å². The molecule has 2 rings (SSSR count). The highest BCUT2D eigenvalue weighted by atomic mass is 16.2. The lowest BCUT2D eigenvalue weighted by Gasteiger charge is -2.31. The van der Waals surface area contributed by atoms with Crippen molar-refractivity contribution >= 4 is 5.91 Å². The molecule has 1 aliphatic carbocycles. The maximum absolute atomic E-state index is 12.4. The predicted octanol–water partition coefficient (Wildman–Crippen LogP) is 2.41. The minimum Gasteiger partial charge on any atom is -0.339 e. The van der Waals surface area contributed by atoms with Crippen LogP contribution in [0.4, 0.5) is 0 Å². The van der Waals surface area contributed by atoms with E-state index in [1.54, 1.807) is 0 Å². The molecule has 0 aromatic rings. The van der Waals surface area contributed by atoms with Crippen LogP contribution in [-0.4, -0.2) is 36.5 Å². The highest BCUT2D eigenvalue weighted by Crippen LogP contribution is 2.29. The first kappa shape index (κ1) is 13.9. The number of amides is 1. The van der Waals surface area contributed by atoms with Crippen LogP contribution in [0.3, 0.4) is 0 Å². The summed E-state index contributed by atoms with van der Waals surface area (Å²) >= 11 is 0. The maximum Gasteiger partial charge on any atom is 0.223 e. The molecule has 1 aliphatic heterocycles. The molecule has 0 spiro atoms. The van der Waals surface area contributed by atoms with Crippen molar-refractivity contribution in [2.24, 2.45) is 11.8 Å². The van der Waals surface area contributed by atoms with E-state index in [0.717, 1.165) is 32.5 Å². The van der Waals surface area contributed by atoms with Gasteiger partial charge in [0.2, 0.25) is 5.91 Å². The normalized spacial score (nSPS) is 25.8. The molecule has 104 valence electrons. The summed E-state index contributed by atoms with van der Waals surface area (Å²) in [5.74, 6) is 1.61. The van der Waals surface area contributed by atoms with Crippen molar-refractivity contribution in [2.75, 3.05) is 19.6 Å². The minimum atomic E-state index is 0.400. The fraction of sp³-hybridized carbons (Fsp3) is 0.933. The van der Waals surface area contributed by atoms with Gasteiger partial charge < -0.3 is 10.2 Å². The molecule has 0 bridgehead atoms. The third kappa shape index (κ3) is 3.98. The Kier molecular flexibility index (Phi) is 5.04. The highest BCUT2D eigenvalue weighted by molar-refractivity contribution is 5.77. The van der Waals surface area contributed by atoms with Crippen molar-refractivity contribution in [1.29, 1.82) is 0 Å². The van der Waals surface area contributed by atoms with E-state index in [2.05, 4.69) is 24.1 Å². The fourth-order valence-electron chi connectivity index (χ4n) is 2.76. The van der Waals surface area contributed by atoms with Crippen molar-refractivity contribution in [1.82, 2.24) is 10.2 Å². The average Bonchev–Trinajstić information content (AvgIpc) is 3.21. The second-order valence-corrected chi connectivity index (χ2v) is 6.21. The number of carbonyl (C=O) groups excluding carboxylic acids is 1. The van der Waals surface area contributed by atoms with Crippen LogP contribution in [-0.2, 0) is 4.79 Å². The lowest BCUT2D eigenvalue weighted by atomic mass is 9.98. The maximum atomic E-state index is 12.4. The van der Waals surface area contributed by atoms with Crippen LogP contribution < -0.4 is 5.32 Å². The van der Waals surface area contributed by atoms with Gasteiger partial charge in [-0.1, -0.05) is 20.3 Å². The molecule has 1 amide bonds. The molecular formula is C15H28N2O. The Hall–Kier alpha value is -0.570. The summed E-state index contributed by atoms with van der Waals surface area (Å²) < 4.78 is 0. The zero-order valence-electron chi connectivity index (χ0n) is 12.0. The van der Waals surface area contributed by atoms with Gasteiger partial charge in [-0.05, 0) is 50.6 Å². The summed E-state index contributed by atoms with van der Waals surface area (Å²) in [5.41, 5.74) is 0. The van der Waals surface area contributed by atoms with Gasteiger partial charge in [0.1, 0.15) is 0 Å². The number of carbonyl (C=O) groups is 1. The molecule has 1 N–H and O–H groups in total. The quantitative estimate of drug-likeness (QED) is 0.787. The lowest BCUT2D eigenvalue weighted by Crippen LogP contribution is -2.42. The highest BCUT2D eigenvalue weighted by Gasteiger charge is 2.34. The number of nitrogens with one attached hydrogen (secondary N) is 1. The van der Waals surface area contributed by atoms with Gasteiger partial charge in [0.05, 0.1) is 0 Å². The molecule has 0 aromatic heterocycles. The van der Waals surface area contributed by atoms with E-state index in [4.69, 9.17) is 0 Å². The largest absolute Gasteiger partial charge is 0.339 e. The zero-order valence-corrected chi connectivity index (χ0v) is 12.0. The van der Waals surface area contributed by atoms with E-state index >= 15 is 0 Å². The van der Waals surface area contributed by atoms with Gasteiger partial charge in [0.25, 0.3) is 0 Å². The van der Waals surface area contributed by atoms with Crippen molar-refractivity contribution in [2.45, 2.75) is 58.4 Å². The van der Waals surface area contributed by atoms with Crippen LogP contribution in [0.1, 0.15) is 52.4 Å². The van der Waals surface area contributed by atoms with Crippen LogP contribution in [0.5, 0.6) is 0 Å². The van der Waals surface area contributed by atoms with Crippen molar-refractivity contribution in [3.05, 3.63) is 0 Å². The van der Waals surface area contributed by atoms with Gasteiger partial charge >= 0.3 is 0 Å². The van der Waals surface area contributed by atoms with Crippen molar-refractivity contribution in [3.63, 3.8) is 0 Å². The van der Waals surface area contributed by atoms with E-state index in [1.165, 1.54) is 25.7 Å². The summed E-state index contributed by atoms with van der Waals surface area (Å²) in [6, 6.07) is 0.573. The molecule has 3 heteroatoms. The van der Waals surface area contributed by atoms with E-state index in [1.807, 2.05) is 0 Å². The van der Waals surface area contributed by atoms with E-state index in [9.17, 15) is 4.79 Å². The number of nitrogens with zero attached hydrogens (tertiary/aromatic N) is 1. The SMILES string of the molecule is CCC(C)CC(=O)N(CC1CCCNC1)C1CC1. The molecular weight excluding hydrogens is 224 g/mol. The van der Waals surface area contributed by atoms with Gasteiger partial charge in [-0.15, -0.1) is 0 Å². The Morgan fingerprint density at radius 3 is 2.72 bits per heavy atom. The smallest absolute Gasteiger partial charge is 0.223 e. The summed E-state index contributed by atoms with van der Waals surface area (Å²) in [4.78, 5) is 14.6. The van der Waals surface area contributed by atoms with Gasteiger partial charge in [-0.2, -0.15) is 0 Å². The first-order valence-corrected chi connectivity index (χ1v) is 7.71. The Morgan fingerprint density at radius 2 is 2.17 bits per heavy atom. The second-order valence-electron chi connectivity index (χ2n) is 6.21.